The van der Waals surface area contributed by atoms with Gasteiger partial charge in [0.15, 0.2) is 30.3 Å². The number of fused-ring (bicyclic) bond motifs is 15. The zero-order valence-corrected chi connectivity index (χ0v) is 76.7. The molecule has 3 fully saturated rings. The van der Waals surface area contributed by atoms with Gasteiger partial charge in [0, 0.05) is 78.9 Å². The van der Waals surface area contributed by atoms with Gasteiger partial charge in [-0.3, -0.25) is 42.9 Å². The molecule has 16 rings (SSSR count). The van der Waals surface area contributed by atoms with Crippen molar-refractivity contribution in [1.29, 1.82) is 0 Å². The molecule has 25 N–H and O–H groups in total. The number of nitrogens with one attached hydrogen (secondary N) is 11. The largest absolute Gasteiger partial charge is 0.573 e. The van der Waals surface area contributed by atoms with Crippen LogP contribution in [-0.4, -0.2) is 278 Å². The smallest absolute Gasteiger partial charge is 0.508 e. The topological polar surface area (TPSA) is 689 Å². The van der Waals surface area contributed by atoms with Crippen molar-refractivity contribution in [3.05, 3.63) is 188 Å². The quantitative estimate of drug-likeness (QED) is 0.0339. The van der Waals surface area contributed by atoms with E-state index in [2.05, 4.69) is 72.9 Å². The Bertz CT molecular complexity index is 5960. The Hall–Kier alpha value is -12.9. The fourth-order valence-electron chi connectivity index (χ4n) is 16.7. The van der Waals surface area contributed by atoms with Gasteiger partial charge in [-0.1, -0.05) is 55.2 Å². The van der Waals surface area contributed by atoms with Gasteiger partial charge in [-0.15, -0.1) is 13.2 Å². The van der Waals surface area contributed by atoms with E-state index in [9.17, 15) is 93.6 Å². The van der Waals surface area contributed by atoms with Gasteiger partial charge in [0.2, 0.25) is 53.4 Å². The number of halogens is 5. The third kappa shape index (κ3) is 24.5. The maximum Gasteiger partial charge on any atom is 0.573 e. The summed E-state index contributed by atoms with van der Waals surface area (Å²) in [5.74, 6) is -16.4. The summed E-state index contributed by atoms with van der Waals surface area (Å²) in [5.41, 5.74) is 1.32. The second kappa shape index (κ2) is 44.9. The Balaban J connectivity index is 0.00000831. The van der Waals surface area contributed by atoms with E-state index in [1.54, 1.807) is 27.0 Å². The molecule has 8 aliphatic rings. The van der Waals surface area contributed by atoms with Gasteiger partial charge in [-0.05, 0) is 140 Å². The summed E-state index contributed by atoms with van der Waals surface area (Å²) in [6.45, 7) is 6.99. The monoisotopic (exact) mass is 2020 g/mol. The number of phenolic OH excluding ortho intramolecular Hbond substituents is 3. The average molecular weight is 2020 g/mol. The summed E-state index contributed by atoms with van der Waals surface area (Å²) in [4.78, 5) is 152. The zero-order valence-electron chi connectivity index (χ0n) is 75.2. The van der Waals surface area contributed by atoms with Crippen molar-refractivity contribution in [2.75, 3.05) is 32.1 Å². The lowest BCUT2D eigenvalue weighted by molar-refractivity contribution is -0.350. The van der Waals surface area contributed by atoms with Crippen LogP contribution >= 0.6 is 23.2 Å². The molecular formula is C90H102Cl2F3N15O31. The number of likely N-dealkylation sites (N-methyl/N-ethyl adjacent to an activating group) is 1. The highest BCUT2D eigenvalue weighted by molar-refractivity contribution is 6.32. The molecule has 23 atom stereocenters. The molecule has 0 saturated carbocycles. The van der Waals surface area contributed by atoms with Crippen LogP contribution in [0.3, 0.4) is 0 Å². The highest BCUT2D eigenvalue weighted by Crippen LogP contribution is 2.51. The average Bonchev–Trinajstić information content (AvgIpc) is 1.63. The summed E-state index contributed by atoms with van der Waals surface area (Å²) >= 11 is 14.6. The number of ether oxygens (including phenoxy) is 9. The first-order valence-corrected chi connectivity index (χ1v) is 44.5. The highest BCUT2D eigenvalue weighted by atomic mass is 35.5. The van der Waals surface area contributed by atoms with E-state index in [4.69, 9.17) is 71.6 Å². The Morgan fingerprint density at radius 3 is 1.99 bits per heavy atom. The third-order valence-corrected chi connectivity index (χ3v) is 24.5. The molecule has 0 aliphatic carbocycles. The minimum atomic E-state index is -4.99. The Labute approximate surface area is 807 Å². The van der Waals surface area contributed by atoms with Crippen LogP contribution in [0.1, 0.15) is 121 Å². The molecule has 0 spiro atoms. The van der Waals surface area contributed by atoms with E-state index in [0.717, 1.165) is 83.4 Å². The minimum Gasteiger partial charge on any atom is -0.508 e. The first-order valence-electron chi connectivity index (χ1n) is 43.7. The van der Waals surface area contributed by atoms with E-state index in [1.165, 1.54) is 56.8 Å². The second-order valence-corrected chi connectivity index (χ2v) is 35.1. The number of alkyl halides is 3. The standard InChI is InChI=1S/C89H100Cl2F3N15O30.CH2O/c1-35(2)20-49(96-5)79(124)106-65-67(115)39-9-14-53(47(90)22-39)132-55-24-41-25-56(74(55)137-86-72(120)70(118)75(58(33-110)135-86)138-85-71(119)69(117)68(116)57(134-85)32-97-17-19-109-18-16-60(103-87(109)130)102-77(122)37-6-11-44(12-7-37)139-89(92,93)94)133-54-15-10-40(23-48(54)91)73(136-61-29-88(4,76(121)36(3)131-61)100-31-42-30-98-34-99-42)66-84(129)108-78(123)46-26-43(111)27-52(113)62(46)45-21-38(8-13-51(45)112)63(81(126)107-66)105-82(127)64(41)104-80(125)50(28-59(95)114)101-83(65)128;1-2/h6-16,18,21-27,30,34-36,49-50,57-58,61,63-73,75-76,78,85-86,96-97,100,110-113,115-121,123H,17,19-20,28-29,31-33H2,1-5H3,(H2,95,114)(H,98,99)(H,101,128)(H,104,125)(H,105,127)(H,106,124)(H,107,126)(H,108,129)(H,102,103,122,130);1H2/t36-,49+,50-,57+,58+,61-,63+,64+,65?,66-,67+,68-,69-,70+,71+,72+,73+,75+,76-,78?,85-,86-,88-;/m0./s1. The van der Waals surface area contributed by atoms with E-state index in [0.29, 0.717) is 5.69 Å². The maximum absolute atomic E-state index is 16.5. The fraction of sp³-hybridized carbons (Fsp3) is 0.422. The number of nitrogens with zero attached hydrogens (tertiary/aromatic N) is 3. The maximum atomic E-state index is 16.5. The number of aliphatic hydroxyl groups excluding tert-OH is 9. The Kier molecular flexibility index (Phi) is 33.6. The third-order valence-electron chi connectivity index (χ3n) is 24.0. The fourth-order valence-corrected chi connectivity index (χ4v) is 17.2. The molecule has 8 amide bonds. The van der Waals surface area contributed by atoms with Crippen LogP contribution in [0.25, 0.3) is 11.1 Å². The van der Waals surface area contributed by atoms with Crippen LogP contribution in [0.4, 0.5) is 19.0 Å². The summed E-state index contributed by atoms with van der Waals surface area (Å²) in [7, 11) is 1.45. The van der Waals surface area contributed by atoms with Crippen LogP contribution < -0.4 is 83.5 Å². The normalized spacial score (nSPS) is 27.7. The molecule has 3 saturated heterocycles. The number of aromatic amines is 1. The van der Waals surface area contributed by atoms with Gasteiger partial charge in [0.25, 0.3) is 5.91 Å². The Morgan fingerprint density at radius 2 is 1.35 bits per heavy atom. The first-order chi connectivity index (χ1) is 66.9. The predicted octanol–water partition coefficient (Wildman–Crippen LogP) is 0.170. The summed E-state index contributed by atoms with van der Waals surface area (Å²) in [6, 6.07) is 6.66. The van der Waals surface area contributed by atoms with Crippen molar-refractivity contribution in [3.63, 3.8) is 0 Å². The molecule has 758 valence electrons. The number of hydrogen-bond donors (Lipinski definition) is 24. The molecule has 51 heteroatoms. The first kappa shape index (κ1) is 105. The van der Waals surface area contributed by atoms with Crippen molar-refractivity contribution >= 4 is 83.1 Å². The van der Waals surface area contributed by atoms with Gasteiger partial charge in [-0.2, -0.15) is 4.98 Å². The van der Waals surface area contributed by atoms with Crippen molar-refractivity contribution < 1.29 is 160 Å². The molecule has 8 aromatic rings. The number of aromatic nitrogens is 4. The summed E-state index contributed by atoms with van der Waals surface area (Å²) < 4.78 is 94.7. The number of carbonyl (C=O) groups is 9. The number of phenols is 3. The SMILES string of the molecule is C=O.CN[C@H](CC(C)C)C(=O)NC1C(=O)N[C@@H](CC(N)=O)C(=O)N[C@H]2C(=O)N[C@H]3C(=O)N[C@H](C(=O)NC(O)c4cc(O)cc(O)c4-c4cc3ccc4O)[C@H](O[C@H]3C[C@](C)(NCc4c[nH]cn4)[C@@H](O)[C@H](C)O3)c3ccc(c(Cl)c3)Oc3cc2cc(c3O[C@@H]2O[C@H](CO)[C@@H](O[C@@H]3O[C@H](CNCCn4ccc(NC(=O)c5ccc(OC(F)(F)F)cc5)nc4=O)[C@H](O)[C@H](O)[C@H]3O)[C@H](O)[C@H]2O)Oc2ccc(cc2Cl)[C@H]1O. The molecule has 46 nitrogen and oxygen atoms in total. The van der Waals surface area contributed by atoms with Crippen LogP contribution in [0, 0.1) is 5.92 Å². The minimum absolute atomic E-state index is 0.0579. The number of primary amides is 1. The number of amides is 8. The number of nitrogens with two attached hydrogens (primary N) is 1. The van der Waals surface area contributed by atoms with Gasteiger partial charge in [-0.25, -0.2) is 9.78 Å². The van der Waals surface area contributed by atoms with E-state index >= 15 is 24.0 Å². The van der Waals surface area contributed by atoms with Gasteiger partial charge < -0.3 is 173 Å². The predicted molar refractivity (Wildman–Crippen MR) is 480 cm³/mol. The van der Waals surface area contributed by atoms with Gasteiger partial charge >= 0.3 is 12.1 Å². The van der Waals surface area contributed by atoms with Crippen LogP contribution in [0.15, 0.2) is 133 Å². The number of aromatic hydroxyl groups is 3. The van der Waals surface area contributed by atoms with Gasteiger partial charge in [0.1, 0.15) is 138 Å². The second-order valence-electron chi connectivity index (χ2n) is 34.3. The van der Waals surface area contributed by atoms with Gasteiger partial charge in [0.05, 0.1) is 53.3 Å². The highest BCUT2D eigenvalue weighted by Gasteiger charge is 2.54. The lowest BCUT2D eigenvalue weighted by Crippen LogP contribution is -2.65. The zero-order chi connectivity index (χ0) is 102. The molecule has 11 bridgehead atoms. The van der Waals surface area contributed by atoms with Crippen molar-refractivity contribution in [1.82, 2.24) is 67.4 Å². The van der Waals surface area contributed by atoms with Crippen molar-refractivity contribution in [2.24, 2.45) is 11.7 Å². The van der Waals surface area contributed by atoms with E-state index in [-0.39, 0.29) is 73.0 Å². The van der Waals surface area contributed by atoms with Crippen molar-refractivity contribution in [3.8, 4) is 62.9 Å². The molecular weight excluding hydrogens is 1910 g/mol. The summed E-state index contributed by atoms with van der Waals surface area (Å²) in [5, 5.41) is 167. The van der Waals surface area contributed by atoms with Crippen LogP contribution in [-0.2, 0) is 75.1 Å². The number of benzene rings is 6. The van der Waals surface area contributed by atoms with E-state index < -0.39 is 297 Å². The molecule has 0 radical (unpaired) electrons. The molecule has 8 aliphatic heterocycles. The van der Waals surface area contributed by atoms with Crippen molar-refractivity contribution in [2.45, 2.75) is 207 Å². The molecule has 2 unspecified atom stereocenters. The van der Waals surface area contributed by atoms with Crippen LogP contribution in [0.2, 0.25) is 10.0 Å². The molecule has 6 aromatic carbocycles. The Morgan fingerprint density at radius 1 is 0.702 bits per heavy atom. The number of imidazole rings is 1. The number of H-pyrrole nitrogens is 1. The number of carbonyl (C=O) groups excluding carboxylic acids is 9. The molecule has 141 heavy (non-hydrogen) atoms. The number of aliphatic hydroxyl groups is 9. The summed E-state index contributed by atoms with van der Waals surface area (Å²) in [6.07, 6.45) is -33.1. The molecule has 10 heterocycles. The molecule has 2 aromatic heterocycles. The van der Waals surface area contributed by atoms with Crippen LogP contribution in [0.5, 0.6) is 51.7 Å². The number of anilines is 1. The lowest BCUT2D eigenvalue weighted by atomic mass is 9.85. The lowest BCUT2D eigenvalue weighted by Gasteiger charge is -2.46. The number of rotatable bonds is 25. The van der Waals surface area contributed by atoms with E-state index in [1.807, 2.05) is 6.79 Å². The number of hydrogen-bond acceptors (Lipinski definition) is 36.